The van der Waals surface area contributed by atoms with Crippen LogP contribution in [0.1, 0.15) is 12.5 Å². The van der Waals surface area contributed by atoms with Crippen LogP contribution in [0.2, 0.25) is 10.0 Å². The smallest absolute Gasteiger partial charge is 0.142 e. The molecule has 1 fully saturated rings. The van der Waals surface area contributed by atoms with Crippen LogP contribution in [-0.2, 0) is 11.3 Å². The first-order chi connectivity index (χ1) is 10.2. The molecule has 0 aromatic heterocycles. The summed E-state index contributed by atoms with van der Waals surface area (Å²) in [5.41, 5.74) is 0.997. The van der Waals surface area contributed by atoms with Gasteiger partial charge in [0.2, 0.25) is 0 Å². The Kier molecular flexibility index (Phi) is 7.07. The first-order valence-corrected chi connectivity index (χ1v) is 8.08. The third kappa shape index (κ3) is 5.31. The number of hydrogen-bond acceptors (Lipinski definition) is 4. The SMILES string of the molecule is CCNCc1cc(Cl)cc(Cl)c1OCCN1CCOCC1. The van der Waals surface area contributed by atoms with Crippen molar-refractivity contribution in [2.75, 3.05) is 46.0 Å². The van der Waals surface area contributed by atoms with E-state index in [0.29, 0.717) is 23.2 Å². The van der Waals surface area contributed by atoms with Gasteiger partial charge in [-0.1, -0.05) is 30.1 Å². The van der Waals surface area contributed by atoms with Crippen LogP contribution in [0, 0.1) is 0 Å². The van der Waals surface area contributed by atoms with Gasteiger partial charge in [-0.2, -0.15) is 0 Å². The maximum Gasteiger partial charge on any atom is 0.142 e. The van der Waals surface area contributed by atoms with Crippen LogP contribution >= 0.6 is 23.2 Å². The van der Waals surface area contributed by atoms with Gasteiger partial charge in [-0.3, -0.25) is 4.90 Å². The molecule has 2 rings (SSSR count). The van der Waals surface area contributed by atoms with Crippen molar-refractivity contribution in [1.29, 1.82) is 0 Å². The molecule has 0 aliphatic carbocycles. The molecule has 0 radical (unpaired) electrons. The number of nitrogens with one attached hydrogen (secondary N) is 1. The fourth-order valence-corrected chi connectivity index (χ4v) is 2.86. The van der Waals surface area contributed by atoms with Crippen molar-refractivity contribution >= 4 is 23.2 Å². The fraction of sp³-hybridized carbons (Fsp3) is 0.600. The predicted molar refractivity (Wildman–Crippen MR) is 86.6 cm³/mol. The summed E-state index contributed by atoms with van der Waals surface area (Å²) in [6.07, 6.45) is 0. The summed E-state index contributed by atoms with van der Waals surface area (Å²) in [5, 5.41) is 4.47. The maximum atomic E-state index is 6.26. The lowest BCUT2D eigenvalue weighted by atomic mass is 10.2. The standard InChI is InChI=1S/C15H22Cl2N2O2/c1-2-18-11-12-9-13(16)10-14(17)15(12)21-8-5-19-3-6-20-7-4-19/h9-10,18H,2-8,11H2,1H3. The van der Waals surface area contributed by atoms with E-state index >= 15 is 0 Å². The number of halogens is 2. The van der Waals surface area contributed by atoms with Gasteiger partial charge in [-0.25, -0.2) is 0 Å². The zero-order valence-electron chi connectivity index (χ0n) is 12.3. The molecule has 4 nitrogen and oxygen atoms in total. The first-order valence-electron chi connectivity index (χ1n) is 7.32. The Morgan fingerprint density at radius 2 is 2.05 bits per heavy atom. The molecule has 0 spiro atoms. The normalized spacial score (nSPS) is 16.1. The lowest BCUT2D eigenvalue weighted by molar-refractivity contribution is 0.0322. The quantitative estimate of drug-likeness (QED) is 0.832. The van der Waals surface area contributed by atoms with E-state index in [1.54, 1.807) is 6.07 Å². The van der Waals surface area contributed by atoms with Crippen molar-refractivity contribution in [2.45, 2.75) is 13.5 Å². The molecule has 6 heteroatoms. The van der Waals surface area contributed by atoms with Crippen molar-refractivity contribution in [3.05, 3.63) is 27.7 Å². The van der Waals surface area contributed by atoms with Gasteiger partial charge in [0.15, 0.2) is 0 Å². The monoisotopic (exact) mass is 332 g/mol. The van der Waals surface area contributed by atoms with Crippen LogP contribution in [0.4, 0.5) is 0 Å². The molecule has 1 aromatic carbocycles. The molecule has 1 N–H and O–H groups in total. The highest BCUT2D eigenvalue weighted by atomic mass is 35.5. The fourth-order valence-electron chi connectivity index (χ4n) is 2.27. The summed E-state index contributed by atoms with van der Waals surface area (Å²) in [5.74, 6) is 0.732. The van der Waals surface area contributed by atoms with Gasteiger partial charge in [0.25, 0.3) is 0 Å². The molecule has 1 heterocycles. The minimum Gasteiger partial charge on any atom is -0.490 e. The molecule has 21 heavy (non-hydrogen) atoms. The van der Waals surface area contributed by atoms with Crippen molar-refractivity contribution in [3.8, 4) is 5.75 Å². The van der Waals surface area contributed by atoms with Crippen LogP contribution in [0.25, 0.3) is 0 Å². The van der Waals surface area contributed by atoms with Gasteiger partial charge in [0.1, 0.15) is 12.4 Å². The lowest BCUT2D eigenvalue weighted by Gasteiger charge is -2.26. The van der Waals surface area contributed by atoms with Crippen LogP contribution in [-0.4, -0.2) is 50.9 Å². The Labute approximate surface area is 136 Å². The van der Waals surface area contributed by atoms with Crippen molar-refractivity contribution in [3.63, 3.8) is 0 Å². The predicted octanol–water partition coefficient (Wildman–Crippen LogP) is 2.81. The molecule has 0 saturated carbocycles. The highest BCUT2D eigenvalue weighted by Gasteiger charge is 2.13. The molecule has 1 aliphatic rings. The number of hydrogen-bond donors (Lipinski definition) is 1. The van der Waals surface area contributed by atoms with Crippen molar-refractivity contribution in [1.82, 2.24) is 10.2 Å². The molecule has 0 amide bonds. The summed E-state index contributed by atoms with van der Waals surface area (Å²) >= 11 is 12.3. The summed E-state index contributed by atoms with van der Waals surface area (Å²) in [4.78, 5) is 2.33. The summed E-state index contributed by atoms with van der Waals surface area (Å²) in [7, 11) is 0. The van der Waals surface area contributed by atoms with E-state index in [1.165, 1.54) is 0 Å². The van der Waals surface area contributed by atoms with Gasteiger partial charge in [0.05, 0.1) is 18.2 Å². The van der Waals surface area contributed by atoms with E-state index in [9.17, 15) is 0 Å². The topological polar surface area (TPSA) is 33.7 Å². The Hall–Kier alpha value is -0.520. The van der Waals surface area contributed by atoms with E-state index in [2.05, 4.69) is 17.1 Å². The van der Waals surface area contributed by atoms with Crippen molar-refractivity contribution in [2.24, 2.45) is 0 Å². The second-order valence-corrected chi connectivity index (χ2v) is 5.80. The zero-order chi connectivity index (χ0) is 15.1. The van der Waals surface area contributed by atoms with Crippen LogP contribution in [0.3, 0.4) is 0 Å². The Balaban J connectivity index is 1.93. The summed E-state index contributed by atoms with van der Waals surface area (Å²) < 4.78 is 11.2. The van der Waals surface area contributed by atoms with E-state index in [-0.39, 0.29) is 0 Å². The number of rotatable bonds is 7. The lowest BCUT2D eigenvalue weighted by Crippen LogP contribution is -2.38. The second kappa shape index (κ2) is 8.81. The number of nitrogens with zero attached hydrogens (tertiary/aromatic N) is 1. The van der Waals surface area contributed by atoms with Crippen LogP contribution in [0.5, 0.6) is 5.75 Å². The summed E-state index contributed by atoms with van der Waals surface area (Å²) in [6.45, 7) is 8.65. The van der Waals surface area contributed by atoms with Gasteiger partial charge in [-0.15, -0.1) is 0 Å². The maximum absolute atomic E-state index is 6.26. The van der Waals surface area contributed by atoms with Crippen LogP contribution < -0.4 is 10.1 Å². The van der Waals surface area contributed by atoms with Gasteiger partial charge in [-0.05, 0) is 18.7 Å². The van der Waals surface area contributed by atoms with E-state index in [1.807, 2.05) is 6.07 Å². The number of benzene rings is 1. The molecular formula is C15H22Cl2N2O2. The molecule has 118 valence electrons. The Bertz CT molecular complexity index is 452. The summed E-state index contributed by atoms with van der Waals surface area (Å²) in [6, 6.07) is 3.63. The average Bonchev–Trinajstić information content (AvgIpc) is 2.48. The minimum atomic E-state index is 0.567. The van der Waals surface area contributed by atoms with E-state index in [0.717, 1.165) is 50.7 Å². The Morgan fingerprint density at radius 1 is 1.29 bits per heavy atom. The van der Waals surface area contributed by atoms with E-state index in [4.69, 9.17) is 32.7 Å². The van der Waals surface area contributed by atoms with Gasteiger partial charge in [0, 0.05) is 36.8 Å². The third-order valence-electron chi connectivity index (χ3n) is 3.41. The molecule has 0 unspecified atom stereocenters. The molecule has 1 aliphatic heterocycles. The highest BCUT2D eigenvalue weighted by molar-refractivity contribution is 6.35. The van der Waals surface area contributed by atoms with Gasteiger partial charge >= 0.3 is 0 Å². The molecular weight excluding hydrogens is 311 g/mol. The highest BCUT2D eigenvalue weighted by Crippen LogP contribution is 2.32. The molecule has 0 atom stereocenters. The number of ether oxygens (including phenoxy) is 2. The third-order valence-corrected chi connectivity index (χ3v) is 3.91. The second-order valence-electron chi connectivity index (χ2n) is 4.96. The minimum absolute atomic E-state index is 0.567. The zero-order valence-corrected chi connectivity index (χ0v) is 13.8. The van der Waals surface area contributed by atoms with Gasteiger partial charge < -0.3 is 14.8 Å². The molecule has 1 aromatic rings. The first kappa shape index (κ1) is 16.8. The molecule has 1 saturated heterocycles. The molecule has 0 bridgehead atoms. The Morgan fingerprint density at radius 3 is 2.76 bits per heavy atom. The van der Waals surface area contributed by atoms with E-state index < -0.39 is 0 Å². The van der Waals surface area contributed by atoms with Crippen LogP contribution in [0.15, 0.2) is 12.1 Å². The number of morpholine rings is 1. The average molecular weight is 333 g/mol. The van der Waals surface area contributed by atoms with Crippen molar-refractivity contribution < 1.29 is 9.47 Å². The largest absolute Gasteiger partial charge is 0.490 e.